The summed E-state index contributed by atoms with van der Waals surface area (Å²) in [6, 6.07) is 11.7. The molecule has 10 heteroatoms. The minimum atomic E-state index is -4.01. The van der Waals surface area contributed by atoms with Gasteiger partial charge in [-0.2, -0.15) is 0 Å². The monoisotopic (exact) mass is 445 g/mol. The Morgan fingerprint density at radius 1 is 1.26 bits per heavy atom. The molecule has 6 nitrogen and oxygen atoms in total. The summed E-state index contributed by atoms with van der Waals surface area (Å²) in [5.41, 5.74) is -0.193. The number of thioether (sulfide) groups is 1. The third-order valence-electron chi connectivity index (χ3n) is 4.29. The molecule has 1 unspecified atom stereocenters. The molecule has 0 bridgehead atoms. The van der Waals surface area contributed by atoms with Gasteiger partial charge in [0, 0.05) is 17.6 Å². The Bertz CT molecular complexity index is 1010. The van der Waals surface area contributed by atoms with E-state index in [2.05, 4.69) is 4.99 Å². The fourth-order valence-electron chi connectivity index (χ4n) is 2.70. The van der Waals surface area contributed by atoms with Crippen molar-refractivity contribution in [2.24, 2.45) is 10.1 Å². The number of sulfonamides is 1. The summed E-state index contributed by atoms with van der Waals surface area (Å²) in [4.78, 5) is 5.91. The van der Waals surface area contributed by atoms with Crippen LogP contribution in [0.1, 0.15) is 11.1 Å². The van der Waals surface area contributed by atoms with Gasteiger partial charge in [-0.25, -0.2) is 13.6 Å². The van der Waals surface area contributed by atoms with E-state index in [1.807, 2.05) is 18.2 Å². The number of aliphatic hydroxyl groups is 1. The normalized spacial score (nSPS) is 21.8. The van der Waals surface area contributed by atoms with Crippen LogP contribution in [-0.2, 0) is 22.3 Å². The van der Waals surface area contributed by atoms with Crippen LogP contribution in [0.4, 0.5) is 0 Å². The summed E-state index contributed by atoms with van der Waals surface area (Å²) < 4.78 is 23.4. The van der Waals surface area contributed by atoms with Gasteiger partial charge in [0.05, 0.1) is 17.3 Å². The molecule has 1 heterocycles. The quantitative estimate of drug-likeness (QED) is 0.753. The van der Waals surface area contributed by atoms with Crippen LogP contribution < -0.4 is 5.14 Å². The van der Waals surface area contributed by atoms with Crippen molar-refractivity contribution in [3.8, 4) is 0 Å². The van der Waals surface area contributed by atoms with Crippen LogP contribution in [0, 0.1) is 0 Å². The lowest BCUT2D eigenvalue weighted by Crippen LogP contribution is -2.42. The average Bonchev–Trinajstić information content (AvgIpc) is 2.90. The van der Waals surface area contributed by atoms with E-state index in [0.717, 1.165) is 5.56 Å². The van der Waals surface area contributed by atoms with Crippen LogP contribution in [-0.4, -0.2) is 36.4 Å². The number of benzene rings is 2. The second-order valence-electron chi connectivity index (χ2n) is 6.04. The number of nitrogens with two attached hydrogens (primary N) is 1. The summed E-state index contributed by atoms with van der Waals surface area (Å²) in [6.07, 6.45) is 0. The van der Waals surface area contributed by atoms with Crippen LogP contribution in [0.15, 0.2) is 52.4 Å². The molecule has 0 amide bonds. The molecule has 0 aromatic heterocycles. The highest BCUT2D eigenvalue weighted by Crippen LogP contribution is 2.39. The fraction of sp³-hybridized carbons (Fsp3) is 0.235. The van der Waals surface area contributed by atoms with Crippen molar-refractivity contribution in [1.29, 1.82) is 0 Å². The summed E-state index contributed by atoms with van der Waals surface area (Å²) in [6.45, 7) is 0.367. The molecule has 0 saturated carbocycles. The molecule has 27 heavy (non-hydrogen) atoms. The molecule has 3 N–H and O–H groups in total. The molecule has 2 aromatic rings. The highest BCUT2D eigenvalue weighted by molar-refractivity contribution is 8.14. The van der Waals surface area contributed by atoms with Gasteiger partial charge in [0.15, 0.2) is 10.9 Å². The topological polar surface area (TPSA) is 96.0 Å². The molecule has 144 valence electrons. The van der Waals surface area contributed by atoms with Crippen molar-refractivity contribution in [2.75, 3.05) is 12.8 Å². The average molecular weight is 446 g/mol. The third-order valence-corrected chi connectivity index (χ3v) is 7.26. The summed E-state index contributed by atoms with van der Waals surface area (Å²) in [7, 11) is -2.32. The zero-order valence-electron chi connectivity index (χ0n) is 14.3. The molecule has 0 spiro atoms. The Morgan fingerprint density at radius 3 is 2.63 bits per heavy atom. The molecule has 1 atom stereocenters. The summed E-state index contributed by atoms with van der Waals surface area (Å²) in [5, 5.41) is 17.6. The highest BCUT2D eigenvalue weighted by Gasteiger charge is 2.43. The van der Waals surface area contributed by atoms with Gasteiger partial charge in [0.1, 0.15) is 4.90 Å². The molecule has 2 aromatic carbocycles. The van der Waals surface area contributed by atoms with E-state index in [1.54, 1.807) is 24.1 Å². The van der Waals surface area contributed by atoms with Gasteiger partial charge >= 0.3 is 0 Å². The van der Waals surface area contributed by atoms with Gasteiger partial charge in [0.2, 0.25) is 10.0 Å². The van der Waals surface area contributed by atoms with Crippen LogP contribution in [0.5, 0.6) is 0 Å². The Hall–Kier alpha value is -1.29. The molecule has 1 fully saturated rings. The molecule has 0 aliphatic carbocycles. The van der Waals surface area contributed by atoms with Crippen LogP contribution in [0.2, 0.25) is 10.0 Å². The number of hydrogen-bond acceptors (Lipinski definition) is 5. The first-order valence-corrected chi connectivity index (χ1v) is 11.1. The molecule has 3 rings (SSSR count). The maximum atomic E-state index is 11.7. The molecular formula is C17H17Cl2N3O3S2. The smallest absolute Gasteiger partial charge is 0.239 e. The SMILES string of the molecule is CN1/C(=N\Cc2ccccc2Cl)SCC1(O)c1ccc(Cl)c(S(N)(=O)=O)c1. The first-order chi connectivity index (χ1) is 12.6. The zero-order chi connectivity index (χ0) is 19.8. The zero-order valence-corrected chi connectivity index (χ0v) is 17.4. The van der Waals surface area contributed by atoms with Crippen LogP contribution in [0.25, 0.3) is 0 Å². The number of hydrogen-bond donors (Lipinski definition) is 2. The number of rotatable bonds is 4. The van der Waals surface area contributed by atoms with E-state index >= 15 is 0 Å². The van der Waals surface area contributed by atoms with Gasteiger partial charge in [-0.05, 0) is 23.8 Å². The largest absolute Gasteiger partial charge is 0.366 e. The predicted octanol–water partition coefficient (Wildman–Crippen LogP) is 3.02. The van der Waals surface area contributed by atoms with Crippen molar-refractivity contribution in [3.05, 3.63) is 63.6 Å². The van der Waals surface area contributed by atoms with E-state index in [1.165, 1.54) is 23.9 Å². The Morgan fingerprint density at radius 2 is 1.96 bits per heavy atom. The number of halogens is 2. The van der Waals surface area contributed by atoms with Gasteiger partial charge in [0.25, 0.3) is 0 Å². The van der Waals surface area contributed by atoms with Crippen molar-refractivity contribution in [1.82, 2.24) is 4.90 Å². The molecule has 0 radical (unpaired) electrons. The highest BCUT2D eigenvalue weighted by atomic mass is 35.5. The number of primary sulfonamides is 1. The standard InChI is InChI=1S/C17H17Cl2N3O3S2/c1-22-16(21-9-11-4-2-3-5-13(11)18)26-10-17(22,23)12-6-7-14(19)15(8-12)27(20,24)25/h2-8,23H,9-10H2,1H3,(H2,20,24,25)/b21-16+. The van der Waals surface area contributed by atoms with Crippen LogP contribution >= 0.6 is 35.0 Å². The molecule has 1 saturated heterocycles. The second-order valence-corrected chi connectivity index (χ2v) is 9.33. The lowest BCUT2D eigenvalue weighted by Gasteiger charge is -2.31. The Labute approximate surface area is 172 Å². The molecule has 1 aliphatic heterocycles. The van der Waals surface area contributed by atoms with Gasteiger partial charge < -0.3 is 10.0 Å². The fourth-order valence-corrected chi connectivity index (χ4v) is 5.15. The first-order valence-electron chi connectivity index (χ1n) is 7.82. The van der Waals surface area contributed by atoms with E-state index in [4.69, 9.17) is 28.3 Å². The third kappa shape index (κ3) is 4.11. The minimum absolute atomic E-state index is 0.00534. The number of aliphatic imine (C=N–C) groups is 1. The summed E-state index contributed by atoms with van der Waals surface area (Å²) in [5.74, 6) is 0.274. The Balaban J connectivity index is 1.90. The van der Waals surface area contributed by atoms with Crippen molar-refractivity contribution in [2.45, 2.75) is 17.2 Å². The van der Waals surface area contributed by atoms with E-state index in [0.29, 0.717) is 22.3 Å². The summed E-state index contributed by atoms with van der Waals surface area (Å²) >= 11 is 13.5. The molecule has 1 aliphatic rings. The molecular weight excluding hydrogens is 429 g/mol. The minimum Gasteiger partial charge on any atom is -0.366 e. The Kier molecular flexibility index (Phi) is 5.77. The van der Waals surface area contributed by atoms with Crippen molar-refractivity contribution in [3.63, 3.8) is 0 Å². The van der Waals surface area contributed by atoms with Crippen molar-refractivity contribution >= 4 is 50.2 Å². The van der Waals surface area contributed by atoms with Gasteiger partial charge in [-0.3, -0.25) is 4.99 Å². The maximum absolute atomic E-state index is 11.7. The van der Waals surface area contributed by atoms with Crippen molar-refractivity contribution < 1.29 is 13.5 Å². The predicted molar refractivity (Wildman–Crippen MR) is 110 cm³/mol. The van der Waals surface area contributed by atoms with E-state index < -0.39 is 15.7 Å². The van der Waals surface area contributed by atoms with Gasteiger partial charge in [-0.15, -0.1) is 0 Å². The lowest BCUT2D eigenvalue weighted by atomic mass is 10.0. The lowest BCUT2D eigenvalue weighted by molar-refractivity contribution is -0.0350. The number of nitrogens with zero attached hydrogens (tertiary/aromatic N) is 2. The number of amidine groups is 1. The van der Waals surface area contributed by atoms with E-state index in [-0.39, 0.29) is 15.7 Å². The second kappa shape index (κ2) is 7.62. The van der Waals surface area contributed by atoms with Crippen LogP contribution in [0.3, 0.4) is 0 Å². The van der Waals surface area contributed by atoms with E-state index in [9.17, 15) is 13.5 Å². The first kappa shape index (κ1) is 20.4. The maximum Gasteiger partial charge on any atom is 0.239 e. The van der Waals surface area contributed by atoms with Gasteiger partial charge in [-0.1, -0.05) is 59.2 Å².